The van der Waals surface area contributed by atoms with E-state index in [0.717, 1.165) is 5.56 Å². The van der Waals surface area contributed by atoms with Crippen molar-refractivity contribution in [2.24, 2.45) is 5.92 Å². The number of hydrogen-bond donors (Lipinski definition) is 2. The average molecular weight is 267 g/mol. The van der Waals surface area contributed by atoms with Gasteiger partial charge in [0.25, 0.3) is 0 Å². The maximum atomic E-state index is 13.0. The number of aliphatic hydroxyl groups is 1. The zero-order chi connectivity index (χ0) is 13.7. The Morgan fingerprint density at radius 1 is 1.37 bits per heavy atom. The molecule has 0 heterocycles. The normalized spacial score (nSPS) is 18.3. The number of ether oxygens (including phenoxy) is 1. The predicted molar refractivity (Wildman–Crippen MR) is 72.4 cm³/mol. The molecule has 1 fully saturated rings. The van der Waals surface area contributed by atoms with Crippen LogP contribution in [-0.2, 0) is 4.74 Å². The summed E-state index contributed by atoms with van der Waals surface area (Å²) in [7, 11) is 1.66. The quantitative estimate of drug-likeness (QED) is 0.759. The van der Waals surface area contributed by atoms with Crippen LogP contribution in [-0.4, -0.2) is 31.5 Å². The van der Waals surface area contributed by atoms with Gasteiger partial charge in [0.2, 0.25) is 0 Å². The van der Waals surface area contributed by atoms with Crippen LogP contribution in [0.4, 0.5) is 4.39 Å². The maximum Gasteiger partial charge on any atom is 0.123 e. The molecule has 3 nitrogen and oxygen atoms in total. The van der Waals surface area contributed by atoms with Gasteiger partial charge >= 0.3 is 0 Å². The Hall–Kier alpha value is -0.970. The second kappa shape index (κ2) is 6.98. The largest absolute Gasteiger partial charge is 0.396 e. The topological polar surface area (TPSA) is 41.5 Å². The average Bonchev–Trinajstić information content (AvgIpc) is 3.22. The van der Waals surface area contributed by atoms with Gasteiger partial charge in [0, 0.05) is 25.8 Å². The molecule has 106 valence electrons. The van der Waals surface area contributed by atoms with Gasteiger partial charge in [0.1, 0.15) is 5.82 Å². The minimum Gasteiger partial charge on any atom is -0.396 e. The Balaban J connectivity index is 2.04. The van der Waals surface area contributed by atoms with Gasteiger partial charge in [0.05, 0.1) is 6.61 Å². The Labute approximate surface area is 113 Å². The second-order valence-corrected chi connectivity index (χ2v) is 5.20. The van der Waals surface area contributed by atoms with Crippen LogP contribution in [0.2, 0.25) is 0 Å². The number of rotatable bonds is 8. The molecule has 0 aromatic heterocycles. The molecular formula is C15H22FNO2. The molecule has 2 atom stereocenters. The smallest absolute Gasteiger partial charge is 0.123 e. The van der Waals surface area contributed by atoms with Crippen LogP contribution >= 0.6 is 0 Å². The van der Waals surface area contributed by atoms with E-state index in [2.05, 4.69) is 5.32 Å². The van der Waals surface area contributed by atoms with Gasteiger partial charge < -0.3 is 15.2 Å². The highest BCUT2D eigenvalue weighted by Gasteiger charge is 2.33. The van der Waals surface area contributed by atoms with Crippen molar-refractivity contribution < 1.29 is 14.2 Å². The Morgan fingerprint density at radius 2 is 2.05 bits per heavy atom. The maximum absolute atomic E-state index is 13.0. The van der Waals surface area contributed by atoms with Crippen LogP contribution in [0.5, 0.6) is 0 Å². The zero-order valence-corrected chi connectivity index (χ0v) is 11.3. The molecular weight excluding hydrogens is 245 g/mol. The van der Waals surface area contributed by atoms with E-state index in [1.165, 1.54) is 25.0 Å². The van der Waals surface area contributed by atoms with Gasteiger partial charge in [-0.3, -0.25) is 0 Å². The van der Waals surface area contributed by atoms with Crippen molar-refractivity contribution in [3.05, 3.63) is 35.6 Å². The van der Waals surface area contributed by atoms with E-state index in [1.54, 1.807) is 7.11 Å². The first-order valence-electron chi connectivity index (χ1n) is 6.86. The summed E-state index contributed by atoms with van der Waals surface area (Å²) in [6, 6.07) is 7.05. The van der Waals surface area contributed by atoms with Crippen LogP contribution in [0.15, 0.2) is 24.3 Å². The fourth-order valence-electron chi connectivity index (χ4n) is 2.43. The lowest BCUT2D eigenvalue weighted by Gasteiger charge is -2.25. The first-order valence-corrected chi connectivity index (χ1v) is 6.86. The van der Waals surface area contributed by atoms with Gasteiger partial charge in [-0.2, -0.15) is 0 Å². The summed E-state index contributed by atoms with van der Waals surface area (Å²) in [5, 5.41) is 12.6. The number of hydrogen-bond acceptors (Lipinski definition) is 3. The summed E-state index contributed by atoms with van der Waals surface area (Å²) in [5.41, 5.74) is 1.11. The Kier molecular flexibility index (Phi) is 5.31. The van der Waals surface area contributed by atoms with E-state index in [4.69, 9.17) is 9.84 Å². The van der Waals surface area contributed by atoms with Gasteiger partial charge in [0.15, 0.2) is 0 Å². The molecule has 0 amide bonds. The highest BCUT2D eigenvalue weighted by atomic mass is 19.1. The van der Waals surface area contributed by atoms with Crippen LogP contribution in [0.1, 0.15) is 30.9 Å². The first-order chi connectivity index (χ1) is 9.24. The van der Waals surface area contributed by atoms with E-state index in [9.17, 15) is 4.39 Å². The van der Waals surface area contributed by atoms with Crippen molar-refractivity contribution in [2.75, 3.05) is 20.3 Å². The van der Waals surface area contributed by atoms with Crippen molar-refractivity contribution in [1.29, 1.82) is 0 Å². The molecule has 19 heavy (non-hydrogen) atoms. The summed E-state index contributed by atoms with van der Waals surface area (Å²) in [4.78, 5) is 0. The predicted octanol–water partition coefficient (Wildman–Crippen LogP) is 2.26. The highest BCUT2D eigenvalue weighted by Crippen LogP contribution is 2.41. The summed E-state index contributed by atoms with van der Waals surface area (Å²) in [6.45, 7) is 0.715. The van der Waals surface area contributed by atoms with Crippen molar-refractivity contribution in [3.8, 4) is 0 Å². The second-order valence-electron chi connectivity index (χ2n) is 5.20. The monoisotopic (exact) mass is 267 g/mol. The van der Waals surface area contributed by atoms with E-state index in [0.29, 0.717) is 18.9 Å². The lowest BCUT2D eigenvalue weighted by atomic mass is 10.0. The summed E-state index contributed by atoms with van der Waals surface area (Å²) >= 11 is 0. The number of nitrogens with one attached hydrogen (secondary N) is 1. The Bertz CT molecular complexity index is 372. The molecule has 1 aromatic rings. The lowest BCUT2D eigenvalue weighted by molar-refractivity contribution is 0.140. The molecule has 0 saturated heterocycles. The van der Waals surface area contributed by atoms with Crippen molar-refractivity contribution in [3.63, 3.8) is 0 Å². The van der Waals surface area contributed by atoms with E-state index in [-0.39, 0.29) is 24.5 Å². The molecule has 2 N–H and O–H groups in total. The molecule has 0 spiro atoms. The fourth-order valence-corrected chi connectivity index (χ4v) is 2.43. The third kappa shape index (κ3) is 4.27. The summed E-state index contributed by atoms with van der Waals surface area (Å²) < 4.78 is 18.2. The van der Waals surface area contributed by atoms with Crippen LogP contribution < -0.4 is 5.32 Å². The van der Waals surface area contributed by atoms with Gasteiger partial charge in [-0.05, 0) is 42.9 Å². The van der Waals surface area contributed by atoms with Crippen LogP contribution in [0, 0.1) is 11.7 Å². The molecule has 1 aromatic carbocycles. The van der Waals surface area contributed by atoms with E-state index < -0.39 is 0 Å². The molecule has 1 aliphatic carbocycles. The lowest BCUT2D eigenvalue weighted by Crippen LogP contribution is -2.38. The molecule has 1 aliphatic rings. The number of benzene rings is 1. The molecule has 4 heteroatoms. The molecule has 1 saturated carbocycles. The first kappa shape index (κ1) is 14.4. The minimum absolute atomic E-state index is 0.130. The number of halogens is 1. The van der Waals surface area contributed by atoms with Gasteiger partial charge in [-0.25, -0.2) is 4.39 Å². The third-order valence-electron chi connectivity index (χ3n) is 3.58. The van der Waals surface area contributed by atoms with Gasteiger partial charge in [-0.15, -0.1) is 0 Å². The number of methoxy groups -OCH3 is 1. The molecule has 0 radical (unpaired) electrons. The third-order valence-corrected chi connectivity index (χ3v) is 3.58. The summed E-state index contributed by atoms with van der Waals surface area (Å²) in [5.74, 6) is 0.408. The minimum atomic E-state index is -0.206. The SMILES string of the molecule is COCC(CCO)NC(c1ccc(F)cc1)C1CC1. The zero-order valence-electron chi connectivity index (χ0n) is 11.3. The van der Waals surface area contributed by atoms with Crippen LogP contribution in [0.25, 0.3) is 0 Å². The van der Waals surface area contributed by atoms with Gasteiger partial charge in [-0.1, -0.05) is 12.1 Å². The number of aliphatic hydroxyl groups excluding tert-OH is 1. The molecule has 2 rings (SSSR count). The highest BCUT2D eigenvalue weighted by molar-refractivity contribution is 5.22. The van der Waals surface area contributed by atoms with E-state index in [1.807, 2.05) is 12.1 Å². The molecule has 0 bridgehead atoms. The summed E-state index contributed by atoms with van der Waals surface area (Å²) in [6.07, 6.45) is 3.07. The standard InChI is InChI=1S/C15H22FNO2/c1-19-10-14(8-9-18)17-15(11-2-3-11)12-4-6-13(16)7-5-12/h4-7,11,14-15,17-18H,2-3,8-10H2,1H3. The van der Waals surface area contributed by atoms with E-state index >= 15 is 0 Å². The molecule has 0 aliphatic heterocycles. The van der Waals surface area contributed by atoms with Crippen molar-refractivity contribution in [2.45, 2.75) is 31.3 Å². The Morgan fingerprint density at radius 3 is 2.58 bits per heavy atom. The fraction of sp³-hybridized carbons (Fsp3) is 0.600. The van der Waals surface area contributed by atoms with Crippen LogP contribution in [0.3, 0.4) is 0 Å². The molecule has 2 unspecified atom stereocenters. The van der Waals surface area contributed by atoms with Crippen molar-refractivity contribution >= 4 is 0 Å². The van der Waals surface area contributed by atoms with Crippen molar-refractivity contribution in [1.82, 2.24) is 5.32 Å².